The SMILES string of the molecule is CCNC(C)c1cc(Br)ccc1Sc1ncccc1Br. The zero-order valence-electron chi connectivity index (χ0n) is 11.4. The fraction of sp³-hybridized carbons (Fsp3) is 0.267. The van der Waals surface area contributed by atoms with E-state index in [2.05, 4.69) is 74.2 Å². The molecule has 1 aromatic carbocycles. The van der Waals surface area contributed by atoms with Crippen LogP contribution in [0.2, 0.25) is 0 Å². The van der Waals surface area contributed by atoms with Crippen LogP contribution in [0.25, 0.3) is 0 Å². The van der Waals surface area contributed by atoms with Crippen molar-refractivity contribution in [2.24, 2.45) is 0 Å². The summed E-state index contributed by atoms with van der Waals surface area (Å²) in [6.45, 7) is 5.25. The molecule has 1 heterocycles. The van der Waals surface area contributed by atoms with Crippen LogP contribution in [0.4, 0.5) is 0 Å². The van der Waals surface area contributed by atoms with Crippen molar-refractivity contribution in [1.29, 1.82) is 0 Å². The highest BCUT2D eigenvalue weighted by Crippen LogP contribution is 2.36. The van der Waals surface area contributed by atoms with Crippen LogP contribution in [-0.2, 0) is 0 Å². The number of pyridine rings is 1. The van der Waals surface area contributed by atoms with Gasteiger partial charge in [0.05, 0.1) is 4.47 Å². The van der Waals surface area contributed by atoms with Crippen LogP contribution in [0.3, 0.4) is 0 Å². The van der Waals surface area contributed by atoms with E-state index in [-0.39, 0.29) is 0 Å². The van der Waals surface area contributed by atoms with Crippen molar-refractivity contribution >= 4 is 43.6 Å². The van der Waals surface area contributed by atoms with Crippen molar-refractivity contribution in [3.63, 3.8) is 0 Å². The summed E-state index contributed by atoms with van der Waals surface area (Å²) in [7, 11) is 0. The maximum atomic E-state index is 4.43. The molecule has 0 radical (unpaired) electrons. The number of halogens is 2. The van der Waals surface area contributed by atoms with E-state index in [1.54, 1.807) is 11.8 Å². The van der Waals surface area contributed by atoms with E-state index in [0.717, 1.165) is 20.5 Å². The number of nitrogens with one attached hydrogen (secondary N) is 1. The Hall–Kier alpha value is -0.360. The molecule has 0 fully saturated rings. The smallest absolute Gasteiger partial charge is 0.115 e. The van der Waals surface area contributed by atoms with Crippen molar-refractivity contribution in [1.82, 2.24) is 10.3 Å². The summed E-state index contributed by atoms with van der Waals surface area (Å²) in [6, 6.07) is 10.6. The van der Waals surface area contributed by atoms with Gasteiger partial charge in [0, 0.05) is 21.6 Å². The zero-order valence-corrected chi connectivity index (χ0v) is 15.3. The minimum atomic E-state index is 0.308. The van der Waals surface area contributed by atoms with Crippen LogP contribution < -0.4 is 5.32 Å². The first-order valence-corrected chi connectivity index (χ1v) is 8.83. The molecule has 0 aliphatic carbocycles. The summed E-state index contributed by atoms with van der Waals surface area (Å²) in [6.07, 6.45) is 1.82. The van der Waals surface area contributed by atoms with Crippen LogP contribution in [0.1, 0.15) is 25.5 Å². The van der Waals surface area contributed by atoms with E-state index < -0.39 is 0 Å². The molecule has 20 heavy (non-hydrogen) atoms. The van der Waals surface area contributed by atoms with E-state index >= 15 is 0 Å². The Morgan fingerprint density at radius 3 is 2.80 bits per heavy atom. The second kappa shape index (κ2) is 7.59. The van der Waals surface area contributed by atoms with E-state index in [0.29, 0.717) is 6.04 Å². The minimum absolute atomic E-state index is 0.308. The molecule has 1 atom stereocenters. The molecular weight excluding hydrogens is 400 g/mol. The Kier molecular flexibility index (Phi) is 6.08. The first-order chi connectivity index (χ1) is 9.61. The average Bonchev–Trinajstić information content (AvgIpc) is 2.43. The molecule has 2 rings (SSSR count). The lowest BCUT2D eigenvalue weighted by molar-refractivity contribution is 0.589. The number of nitrogens with zero attached hydrogens (tertiary/aromatic N) is 1. The van der Waals surface area contributed by atoms with Gasteiger partial charge in [-0.05, 0) is 65.3 Å². The maximum Gasteiger partial charge on any atom is 0.115 e. The van der Waals surface area contributed by atoms with Gasteiger partial charge < -0.3 is 5.32 Å². The van der Waals surface area contributed by atoms with Crippen LogP contribution >= 0.6 is 43.6 Å². The van der Waals surface area contributed by atoms with E-state index in [1.165, 1.54) is 10.5 Å². The molecule has 106 valence electrons. The van der Waals surface area contributed by atoms with Gasteiger partial charge in [-0.2, -0.15) is 0 Å². The molecule has 1 N–H and O–H groups in total. The molecule has 0 amide bonds. The molecule has 5 heteroatoms. The molecule has 0 saturated carbocycles. The lowest BCUT2D eigenvalue weighted by Crippen LogP contribution is -2.18. The van der Waals surface area contributed by atoms with Crippen LogP contribution in [0.5, 0.6) is 0 Å². The topological polar surface area (TPSA) is 24.9 Å². The van der Waals surface area contributed by atoms with Gasteiger partial charge in [0.1, 0.15) is 5.03 Å². The Bertz CT molecular complexity index is 590. The average molecular weight is 416 g/mol. The molecule has 0 bridgehead atoms. The third-order valence-electron chi connectivity index (χ3n) is 2.88. The quantitative estimate of drug-likeness (QED) is 0.704. The highest BCUT2D eigenvalue weighted by Gasteiger charge is 2.13. The Labute approximate surface area is 141 Å². The molecule has 2 nitrogen and oxygen atoms in total. The summed E-state index contributed by atoms with van der Waals surface area (Å²) in [5, 5.41) is 4.45. The standard InChI is InChI=1S/C15H16Br2N2S/c1-3-18-10(2)12-9-11(16)6-7-14(12)20-15-13(17)5-4-8-19-15/h4-10,18H,3H2,1-2H3. The van der Waals surface area contributed by atoms with Crippen molar-refractivity contribution < 1.29 is 0 Å². The molecule has 0 spiro atoms. The van der Waals surface area contributed by atoms with E-state index in [9.17, 15) is 0 Å². The van der Waals surface area contributed by atoms with Crippen LogP contribution in [0.15, 0.2) is 55.4 Å². The molecule has 1 unspecified atom stereocenters. The monoisotopic (exact) mass is 414 g/mol. The number of hydrogen-bond acceptors (Lipinski definition) is 3. The highest BCUT2D eigenvalue weighted by molar-refractivity contribution is 9.10. The van der Waals surface area contributed by atoms with Gasteiger partial charge in [-0.25, -0.2) is 4.98 Å². The van der Waals surface area contributed by atoms with Crippen molar-refractivity contribution in [2.45, 2.75) is 29.8 Å². The second-order valence-corrected chi connectivity index (χ2v) is 7.15. The number of benzene rings is 1. The third-order valence-corrected chi connectivity index (χ3v) is 5.39. The van der Waals surface area contributed by atoms with Crippen molar-refractivity contribution in [3.8, 4) is 0 Å². The van der Waals surface area contributed by atoms with Gasteiger partial charge in [0.2, 0.25) is 0 Å². The van der Waals surface area contributed by atoms with E-state index in [1.807, 2.05) is 18.3 Å². The molecule has 0 saturated heterocycles. The fourth-order valence-electron chi connectivity index (χ4n) is 1.92. The number of rotatable bonds is 5. The van der Waals surface area contributed by atoms with Crippen molar-refractivity contribution in [2.75, 3.05) is 6.54 Å². The zero-order chi connectivity index (χ0) is 14.5. The minimum Gasteiger partial charge on any atom is -0.310 e. The predicted octanol–water partition coefficient (Wildman–Crippen LogP) is 5.43. The van der Waals surface area contributed by atoms with Crippen molar-refractivity contribution in [3.05, 3.63) is 51.0 Å². The maximum absolute atomic E-state index is 4.43. The van der Waals surface area contributed by atoms with Gasteiger partial charge in [-0.1, -0.05) is 34.6 Å². The first kappa shape index (κ1) is 16.0. The van der Waals surface area contributed by atoms with Gasteiger partial charge in [0.25, 0.3) is 0 Å². The lowest BCUT2D eigenvalue weighted by atomic mass is 10.1. The number of aromatic nitrogens is 1. The largest absolute Gasteiger partial charge is 0.310 e. The summed E-state index contributed by atoms with van der Waals surface area (Å²) in [5.74, 6) is 0. The van der Waals surface area contributed by atoms with Gasteiger partial charge in [-0.15, -0.1) is 0 Å². The van der Waals surface area contributed by atoms with Gasteiger partial charge in [-0.3, -0.25) is 0 Å². The lowest BCUT2D eigenvalue weighted by Gasteiger charge is -2.17. The molecule has 0 aliphatic heterocycles. The molecule has 2 aromatic rings. The number of hydrogen-bond donors (Lipinski definition) is 1. The molecular formula is C15H16Br2N2S. The highest BCUT2D eigenvalue weighted by atomic mass is 79.9. The summed E-state index contributed by atoms with van der Waals surface area (Å²) in [4.78, 5) is 5.65. The van der Waals surface area contributed by atoms with Crippen LogP contribution in [-0.4, -0.2) is 11.5 Å². The third kappa shape index (κ3) is 4.07. The van der Waals surface area contributed by atoms with Crippen LogP contribution in [0, 0.1) is 0 Å². The Morgan fingerprint density at radius 1 is 1.30 bits per heavy atom. The first-order valence-electron chi connectivity index (χ1n) is 6.43. The molecule has 1 aromatic heterocycles. The second-order valence-electron chi connectivity index (χ2n) is 4.35. The predicted molar refractivity (Wildman–Crippen MR) is 92.3 cm³/mol. The summed E-state index contributed by atoms with van der Waals surface area (Å²) in [5.41, 5.74) is 1.28. The Morgan fingerprint density at radius 2 is 2.10 bits per heavy atom. The molecule has 0 aliphatic rings. The van der Waals surface area contributed by atoms with E-state index in [4.69, 9.17) is 0 Å². The summed E-state index contributed by atoms with van der Waals surface area (Å²) < 4.78 is 2.12. The Balaban J connectivity index is 2.34. The van der Waals surface area contributed by atoms with Gasteiger partial charge in [0.15, 0.2) is 0 Å². The van der Waals surface area contributed by atoms with Gasteiger partial charge >= 0.3 is 0 Å². The summed E-state index contributed by atoms with van der Waals surface area (Å²) >= 11 is 8.79. The normalized spacial score (nSPS) is 12.4. The fourth-order valence-corrected chi connectivity index (χ4v) is 3.77.